The molecule has 7 heteroatoms. The number of thiophene rings is 1. The van der Waals surface area contributed by atoms with Crippen molar-refractivity contribution in [2.24, 2.45) is 5.10 Å². The SMILES string of the molecule is COc1ccc(O)c(C2=NN3C(C2)c2cc(Br)ccc2OC3c2cccs2)c1. The lowest BCUT2D eigenvalue weighted by Gasteiger charge is -2.37. The summed E-state index contributed by atoms with van der Waals surface area (Å²) in [5, 5.41) is 19.4. The molecule has 0 aliphatic carbocycles. The highest BCUT2D eigenvalue weighted by Gasteiger charge is 2.41. The standard InChI is InChI=1S/C21H17BrN2O3S/c1-26-13-5-6-18(25)14(10-13)16-11-17-15-9-12(22)4-7-19(15)27-21(24(17)23-16)20-3-2-8-28-20/h2-10,17,21,25H,11H2,1H3. The quantitative estimate of drug-likeness (QED) is 0.567. The number of rotatable bonds is 3. The number of hydrogen-bond acceptors (Lipinski definition) is 6. The molecular formula is C21H17BrN2O3S. The minimum absolute atomic E-state index is 0.0361. The number of phenols is 1. The van der Waals surface area contributed by atoms with Gasteiger partial charge in [0.05, 0.1) is 23.7 Å². The van der Waals surface area contributed by atoms with Gasteiger partial charge in [0.1, 0.15) is 17.2 Å². The maximum absolute atomic E-state index is 10.4. The largest absolute Gasteiger partial charge is 0.507 e. The molecule has 1 aromatic heterocycles. The van der Waals surface area contributed by atoms with Crippen LogP contribution in [0.15, 0.2) is 63.5 Å². The van der Waals surface area contributed by atoms with Gasteiger partial charge in [-0.1, -0.05) is 22.0 Å². The van der Waals surface area contributed by atoms with E-state index < -0.39 is 0 Å². The zero-order chi connectivity index (χ0) is 19.3. The van der Waals surface area contributed by atoms with Crippen LogP contribution in [0.5, 0.6) is 17.2 Å². The molecule has 3 heterocycles. The molecule has 2 unspecified atom stereocenters. The highest BCUT2D eigenvalue weighted by Crippen LogP contribution is 2.49. The van der Waals surface area contributed by atoms with Crippen LogP contribution in [0.3, 0.4) is 0 Å². The summed E-state index contributed by atoms with van der Waals surface area (Å²) in [7, 11) is 1.62. The highest BCUT2D eigenvalue weighted by atomic mass is 79.9. The van der Waals surface area contributed by atoms with Gasteiger partial charge in [-0.05, 0) is 47.8 Å². The Morgan fingerprint density at radius 2 is 2.14 bits per heavy atom. The molecular weight excluding hydrogens is 440 g/mol. The molecule has 2 atom stereocenters. The zero-order valence-electron chi connectivity index (χ0n) is 15.0. The molecule has 0 amide bonds. The van der Waals surface area contributed by atoms with Gasteiger partial charge in [0, 0.05) is 22.0 Å². The maximum Gasteiger partial charge on any atom is 0.222 e. The number of halogens is 1. The lowest BCUT2D eigenvalue weighted by atomic mass is 9.96. The first kappa shape index (κ1) is 17.6. The molecule has 2 aliphatic rings. The van der Waals surface area contributed by atoms with Crippen molar-refractivity contribution in [1.29, 1.82) is 0 Å². The second-order valence-electron chi connectivity index (χ2n) is 6.70. The third-order valence-corrected chi connectivity index (χ3v) is 6.45. The maximum atomic E-state index is 10.4. The summed E-state index contributed by atoms with van der Waals surface area (Å²) >= 11 is 5.21. The Bertz CT molecular complexity index is 1070. The summed E-state index contributed by atoms with van der Waals surface area (Å²) in [4.78, 5) is 1.10. The predicted octanol–water partition coefficient (Wildman–Crippen LogP) is 5.47. The predicted molar refractivity (Wildman–Crippen MR) is 112 cm³/mol. The molecule has 0 saturated heterocycles. The Morgan fingerprint density at radius 1 is 1.25 bits per heavy atom. The molecule has 5 nitrogen and oxygen atoms in total. The summed E-state index contributed by atoms with van der Waals surface area (Å²) in [5.41, 5.74) is 2.60. The van der Waals surface area contributed by atoms with Crippen LogP contribution in [0.4, 0.5) is 0 Å². The van der Waals surface area contributed by atoms with Crippen LogP contribution in [0.1, 0.15) is 34.7 Å². The van der Waals surface area contributed by atoms with Crippen molar-refractivity contribution in [3.8, 4) is 17.2 Å². The first-order valence-corrected chi connectivity index (χ1v) is 10.5. The Hall–Kier alpha value is -2.51. The van der Waals surface area contributed by atoms with E-state index in [1.165, 1.54) is 0 Å². The smallest absolute Gasteiger partial charge is 0.222 e. The van der Waals surface area contributed by atoms with Crippen LogP contribution in [0.2, 0.25) is 0 Å². The number of hydrazone groups is 1. The minimum atomic E-state index is -0.288. The molecule has 0 radical (unpaired) electrons. The van der Waals surface area contributed by atoms with E-state index in [9.17, 15) is 5.11 Å². The van der Waals surface area contributed by atoms with Crippen LogP contribution in [0.25, 0.3) is 0 Å². The van der Waals surface area contributed by atoms with Gasteiger partial charge in [0.2, 0.25) is 6.23 Å². The molecule has 0 fully saturated rings. The van der Waals surface area contributed by atoms with Crippen LogP contribution in [-0.4, -0.2) is 22.9 Å². The summed E-state index contributed by atoms with van der Waals surface area (Å²) in [6.45, 7) is 0. The number of fused-ring (bicyclic) bond motifs is 3. The number of methoxy groups -OCH3 is 1. The van der Waals surface area contributed by atoms with E-state index in [-0.39, 0.29) is 18.0 Å². The fraction of sp³-hybridized carbons (Fsp3) is 0.190. The Morgan fingerprint density at radius 3 is 2.93 bits per heavy atom. The van der Waals surface area contributed by atoms with Crippen molar-refractivity contribution < 1.29 is 14.6 Å². The Kier molecular flexibility index (Phi) is 4.29. The number of nitrogens with zero attached hydrogens (tertiary/aromatic N) is 2. The molecule has 0 spiro atoms. The first-order valence-electron chi connectivity index (χ1n) is 8.87. The lowest BCUT2D eigenvalue weighted by Crippen LogP contribution is -2.33. The van der Waals surface area contributed by atoms with Crippen molar-refractivity contribution in [2.45, 2.75) is 18.7 Å². The number of phenolic OH excluding ortho intramolecular Hbond substituents is 1. The van der Waals surface area contributed by atoms with Crippen LogP contribution >= 0.6 is 27.3 Å². The van der Waals surface area contributed by atoms with Crippen molar-refractivity contribution in [1.82, 2.24) is 5.01 Å². The molecule has 2 aromatic carbocycles. The van der Waals surface area contributed by atoms with Crippen LogP contribution in [-0.2, 0) is 0 Å². The summed E-state index contributed by atoms with van der Waals surface area (Å²) in [6.07, 6.45) is 0.388. The van der Waals surface area contributed by atoms with E-state index in [0.29, 0.717) is 17.7 Å². The topological polar surface area (TPSA) is 54.3 Å². The van der Waals surface area contributed by atoms with Gasteiger partial charge in [-0.2, -0.15) is 5.10 Å². The second kappa shape index (κ2) is 6.83. The van der Waals surface area contributed by atoms with Crippen molar-refractivity contribution >= 4 is 33.0 Å². The third-order valence-electron chi connectivity index (χ3n) is 5.05. The molecule has 0 bridgehead atoms. The van der Waals surface area contributed by atoms with E-state index in [1.54, 1.807) is 30.6 Å². The minimum Gasteiger partial charge on any atom is -0.507 e. The van der Waals surface area contributed by atoms with Crippen molar-refractivity contribution in [3.05, 3.63) is 74.4 Å². The van der Waals surface area contributed by atoms with E-state index >= 15 is 0 Å². The monoisotopic (exact) mass is 456 g/mol. The number of ether oxygens (including phenoxy) is 2. The van der Waals surface area contributed by atoms with Crippen molar-refractivity contribution in [3.63, 3.8) is 0 Å². The zero-order valence-corrected chi connectivity index (χ0v) is 17.4. The normalized spacial score (nSPS) is 20.2. The Labute approximate surface area is 175 Å². The summed E-state index contributed by atoms with van der Waals surface area (Å²) in [6, 6.07) is 15.4. The number of hydrogen-bond donors (Lipinski definition) is 1. The average Bonchev–Trinajstić information content (AvgIpc) is 3.38. The van der Waals surface area contributed by atoms with Gasteiger partial charge in [0.25, 0.3) is 0 Å². The van der Waals surface area contributed by atoms with Gasteiger partial charge in [-0.3, -0.25) is 0 Å². The van der Waals surface area contributed by atoms with E-state index in [0.717, 1.165) is 26.4 Å². The molecule has 5 rings (SSSR count). The molecule has 2 aliphatic heterocycles. The van der Waals surface area contributed by atoms with Gasteiger partial charge in [0.15, 0.2) is 0 Å². The molecule has 142 valence electrons. The highest BCUT2D eigenvalue weighted by molar-refractivity contribution is 9.10. The lowest BCUT2D eigenvalue weighted by molar-refractivity contribution is -0.0166. The molecule has 3 aromatic rings. The fourth-order valence-corrected chi connectivity index (χ4v) is 4.84. The van der Waals surface area contributed by atoms with Crippen LogP contribution in [0, 0.1) is 0 Å². The van der Waals surface area contributed by atoms with E-state index in [2.05, 4.69) is 28.1 Å². The number of benzene rings is 2. The van der Waals surface area contributed by atoms with Gasteiger partial charge in [-0.15, -0.1) is 11.3 Å². The average molecular weight is 457 g/mol. The summed E-state index contributed by atoms with van der Waals surface area (Å²) < 4.78 is 12.7. The summed E-state index contributed by atoms with van der Waals surface area (Å²) in [5.74, 6) is 1.76. The van der Waals surface area contributed by atoms with Crippen molar-refractivity contribution in [2.75, 3.05) is 7.11 Å². The van der Waals surface area contributed by atoms with Gasteiger partial charge < -0.3 is 14.6 Å². The van der Waals surface area contributed by atoms with Gasteiger partial charge >= 0.3 is 0 Å². The van der Waals surface area contributed by atoms with Gasteiger partial charge in [-0.25, -0.2) is 5.01 Å². The molecule has 1 N–H and O–H groups in total. The molecule has 0 saturated carbocycles. The van der Waals surface area contributed by atoms with Crippen LogP contribution < -0.4 is 9.47 Å². The third kappa shape index (κ3) is 2.86. The fourth-order valence-electron chi connectivity index (χ4n) is 3.71. The van der Waals surface area contributed by atoms with E-state index in [1.807, 2.05) is 34.7 Å². The second-order valence-corrected chi connectivity index (χ2v) is 8.59. The number of aromatic hydroxyl groups is 1. The van der Waals surface area contributed by atoms with E-state index in [4.69, 9.17) is 14.6 Å². The Balaban J connectivity index is 1.61. The first-order chi connectivity index (χ1) is 13.6. The molecule has 28 heavy (non-hydrogen) atoms.